The lowest BCUT2D eigenvalue weighted by Gasteiger charge is -2.22. The van der Waals surface area contributed by atoms with Crippen molar-refractivity contribution in [3.63, 3.8) is 0 Å². The average Bonchev–Trinajstić information content (AvgIpc) is 3.36. The van der Waals surface area contributed by atoms with E-state index in [1.165, 1.54) is 0 Å². The second kappa shape index (κ2) is 8.96. The van der Waals surface area contributed by atoms with Crippen LogP contribution in [0.1, 0.15) is 5.56 Å². The van der Waals surface area contributed by atoms with E-state index in [0.29, 0.717) is 37.0 Å². The molecule has 0 bridgehead atoms. The molecule has 0 saturated heterocycles. The van der Waals surface area contributed by atoms with Crippen LogP contribution in [-0.2, 0) is 6.54 Å². The molecule has 36 heavy (non-hydrogen) atoms. The third-order valence-corrected chi connectivity index (χ3v) is 6.41. The molecule has 3 aliphatic heterocycles. The van der Waals surface area contributed by atoms with Crippen molar-refractivity contribution in [1.82, 2.24) is 14.8 Å². The summed E-state index contributed by atoms with van der Waals surface area (Å²) < 4.78 is 30.3. The van der Waals surface area contributed by atoms with Crippen molar-refractivity contribution in [1.29, 1.82) is 0 Å². The van der Waals surface area contributed by atoms with Gasteiger partial charge in [-0.05, 0) is 42.0 Å². The minimum Gasteiger partial charge on any atom is -0.497 e. The number of aromatic nitrogens is 3. The number of ether oxygens (including phenoxy) is 5. The molecule has 0 aliphatic carbocycles. The van der Waals surface area contributed by atoms with E-state index in [0.717, 1.165) is 50.5 Å². The minimum atomic E-state index is 0.516. The molecule has 0 N–H and O–H groups in total. The lowest BCUT2D eigenvalue weighted by atomic mass is 10.0. The van der Waals surface area contributed by atoms with Gasteiger partial charge in [-0.2, -0.15) is 0 Å². The first-order chi connectivity index (χ1) is 17.7. The highest BCUT2D eigenvalue weighted by Gasteiger charge is 2.24. The van der Waals surface area contributed by atoms with Gasteiger partial charge in [0.2, 0.25) is 0 Å². The number of fused-ring (bicyclic) bond motifs is 4. The third kappa shape index (κ3) is 3.71. The quantitative estimate of drug-likeness (QED) is 0.335. The summed E-state index contributed by atoms with van der Waals surface area (Å²) in [5, 5.41) is 10.1. The predicted molar refractivity (Wildman–Crippen MR) is 136 cm³/mol. The van der Waals surface area contributed by atoms with Gasteiger partial charge in [-0.3, -0.25) is 0 Å². The zero-order valence-electron chi connectivity index (χ0n) is 20.3. The summed E-state index contributed by atoms with van der Waals surface area (Å²) in [6, 6.07) is 17.8. The van der Waals surface area contributed by atoms with Crippen molar-refractivity contribution in [3.8, 4) is 51.3 Å². The molecule has 0 fully saturated rings. The van der Waals surface area contributed by atoms with Crippen LogP contribution in [0.3, 0.4) is 0 Å². The summed E-state index contributed by atoms with van der Waals surface area (Å²) in [5.74, 6) is 3.55. The number of hydrogen-bond acceptors (Lipinski definition) is 7. The van der Waals surface area contributed by atoms with Gasteiger partial charge in [0.05, 0.1) is 26.8 Å². The summed E-state index contributed by atoms with van der Waals surface area (Å²) in [4.78, 5) is 0. The van der Waals surface area contributed by atoms with E-state index < -0.39 is 0 Å². The molecular weight excluding hydrogens is 458 g/mol. The van der Waals surface area contributed by atoms with Crippen LogP contribution < -0.4 is 23.7 Å². The summed E-state index contributed by atoms with van der Waals surface area (Å²) >= 11 is 0. The van der Waals surface area contributed by atoms with Crippen LogP contribution in [-0.4, -0.2) is 49.3 Å². The largest absolute Gasteiger partial charge is 0.497 e. The molecule has 3 aromatic carbocycles. The standard InChI is InChI=1S/C28H25N3O5/c1-32-19-6-4-5-17(11-19)15-31-16-21-27(18-7-8-23(33-2)24(12-18)34-3)29-30-28(21)20-13-25-26(14-22(20)31)36-10-9-35-25/h4-8,11-14,16H,9-10,15H2,1-3H3. The normalized spacial score (nSPS) is 12.6. The van der Waals surface area contributed by atoms with E-state index in [1.807, 2.05) is 48.5 Å². The highest BCUT2D eigenvalue weighted by Crippen LogP contribution is 2.43. The van der Waals surface area contributed by atoms with Gasteiger partial charge >= 0.3 is 0 Å². The van der Waals surface area contributed by atoms with Crippen molar-refractivity contribution in [2.45, 2.75) is 6.54 Å². The lowest BCUT2D eigenvalue weighted by molar-refractivity contribution is 0.172. The molecule has 0 saturated carbocycles. The average molecular weight is 484 g/mol. The molecule has 3 heterocycles. The van der Waals surface area contributed by atoms with Crippen molar-refractivity contribution in [2.24, 2.45) is 0 Å². The first-order valence-electron chi connectivity index (χ1n) is 11.6. The van der Waals surface area contributed by atoms with E-state index in [9.17, 15) is 0 Å². The highest BCUT2D eigenvalue weighted by molar-refractivity contribution is 5.99. The fourth-order valence-corrected chi connectivity index (χ4v) is 4.67. The molecule has 8 heteroatoms. The fraction of sp³-hybridized carbons (Fsp3) is 0.214. The zero-order chi connectivity index (χ0) is 24.6. The molecule has 8 nitrogen and oxygen atoms in total. The van der Waals surface area contributed by atoms with Crippen LogP contribution in [0.25, 0.3) is 33.4 Å². The van der Waals surface area contributed by atoms with Crippen LogP contribution in [0.5, 0.6) is 28.7 Å². The van der Waals surface area contributed by atoms with Gasteiger partial charge in [-0.1, -0.05) is 12.1 Å². The minimum absolute atomic E-state index is 0.516. The van der Waals surface area contributed by atoms with Crippen LogP contribution in [0.2, 0.25) is 0 Å². The van der Waals surface area contributed by atoms with Crippen molar-refractivity contribution in [2.75, 3.05) is 34.5 Å². The van der Waals surface area contributed by atoms with Crippen LogP contribution in [0.4, 0.5) is 0 Å². The summed E-state index contributed by atoms with van der Waals surface area (Å²) in [5.41, 5.74) is 5.47. The molecule has 0 radical (unpaired) electrons. The SMILES string of the molecule is COc1cccc(Cn2cc3c(-c4ccc(OC)c(OC)c4)nnc-3c3cc4c(cc32)OCCO4)c1. The van der Waals surface area contributed by atoms with Gasteiger partial charge in [0.25, 0.3) is 0 Å². The Bertz CT molecular complexity index is 1540. The summed E-state index contributed by atoms with van der Waals surface area (Å²) in [7, 11) is 4.92. The molecule has 0 amide bonds. The molecule has 0 spiro atoms. The van der Waals surface area contributed by atoms with E-state index in [1.54, 1.807) is 21.3 Å². The molecule has 0 aromatic heterocycles. The lowest BCUT2D eigenvalue weighted by Crippen LogP contribution is -2.15. The second-order valence-corrected chi connectivity index (χ2v) is 8.50. The van der Waals surface area contributed by atoms with Gasteiger partial charge in [0.1, 0.15) is 30.4 Å². The smallest absolute Gasteiger partial charge is 0.163 e. The molecule has 0 unspecified atom stereocenters. The Labute approximate surface area is 208 Å². The molecule has 3 aliphatic rings. The van der Waals surface area contributed by atoms with Crippen molar-refractivity contribution in [3.05, 3.63) is 66.4 Å². The number of pyridine rings is 1. The number of methoxy groups -OCH3 is 3. The van der Waals surface area contributed by atoms with Gasteiger partial charge < -0.3 is 28.3 Å². The zero-order valence-corrected chi connectivity index (χ0v) is 20.3. The van der Waals surface area contributed by atoms with Crippen molar-refractivity contribution < 1.29 is 23.7 Å². The van der Waals surface area contributed by atoms with E-state index in [-0.39, 0.29) is 0 Å². The Balaban J connectivity index is 1.56. The maximum Gasteiger partial charge on any atom is 0.163 e. The van der Waals surface area contributed by atoms with Gasteiger partial charge in [0.15, 0.2) is 23.0 Å². The Hall–Kier alpha value is -4.46. The number of rotatable bonds is 6. The molecule has 6 rings (SSSR count). The number of benzene rings is 3. The maximum absolute atomic E-state index is 5.89. The van der Waals surface area contributed by atoms with Gasteiger partial charge in [-0.15, -0.1) is 10.2 Å². The van der Waals surface area contributed by atoms with Crippen LogP contribution in [0, 0.1) is 0 Å². The summed E-state index contributed by atoms with van der Waals surface area (Å²) in [6.45, 7) is 1.66. The summed E-state index contributed by atoms with van der Waals surface area (Å²) in [6.07, 6.45) is 2.10. The maximum atomic E-state index is 5.89. The number of hydrogen-bond donors (Lipinski definition) is 0. The van der Waals surface area contributed by atoms with Crippen LogP contribution in [0.15, 0.2) is 60.8 Å². The van der Waals surface area contributed by atoms with E-state index >= 15 is 0 Å². The van der Waals surface area contributed by atoms with Gasteiger partial charge in [-0.25, -0.2) is 0 Å². The molecule has 3 aromatic rings. The predicted octanol–water partition coefficient (Wildman–Crippen LogP) is 5.05. The third-order valence-electron chi connectivity index (χ3n) is 6.41. The Kier molecular flexibility index (Phi) is 5.48. The molecular formula is C28H25N3O5. The Morgan fingerprint density at radius 3 is 2.36 bits per heavy atom. The number of nitrogens with zero attached hydrogens (tertiary/aromatic N) is 3. The van der Waals surface area contributed by atoms with E-state index in [4.69, 9.17) is 23.7 Å². The Morgan fingerprint density at radius 2 is 1.58 bits per heavy atom. The second-order valence-electron chi connectivity index (χ2n) is 8.50. The topological polar surface area (TPSA) is 76.9 Å². The van der Waals surface area contributed by atoms with Gasteiger partial charge in [0, 0.05) is 35.3 Å². The highest BCUT2D eigenvalue weighted by atomic mass is 16.6. The fourth-order valence-electron chi connectivity index (χ4n) is 4.67. The van der Waals surface area contributed by atoms with Crippen LogP contribution >= 0.6 is 0 Å². The first-order valence-corrected chi connectivity index (χ1v) is 11.6. The van der Waals surface area contributed by atoms with E-state index in [2.05, 4.69) is 27.0 Å². The molecule has 182 valence electrons. The molecule has 0 atom stereocenters. The monoisotopic (exact) mass is 483 g/mol. The Morgan fingerprint density at radius 1 is 0.806 bits per heavy atom. The van der Waals surface area contributed by atoms with Crippen molar-refractivity contribution >= 4 is 10.9 Å². The first kappa shape index (κ1) is 22.0.